The highest BCUT2D eigenvalue weighted by Gasteiger charge is 2.26. The summed E-state index contributed by atoms with van der Waals surface area (Å²) in [7, 11) is -3.98. The minimum absolute atomic E-state index is 0.147. The van der Waals surface area contributed by atoms with Gasteiger partial charge < -0.3 is 9.42 Å². The summed E-state index contributed by atoms with van der Waals surface area (Å²) in [6, 6.07) is 13.4. The summed E-state index contributed by atoms with van der Waals surface area (Å²) in [4.78, 5) is 10.9. The molecule has 5 heteroatoms. The van der Waals surface area contributed by atoms with Crippen LogP contribution in [0.4, 0.5) is 0 Å². The maximum absolute atomic E-state index is 13.2. The van der Waals surface area contributed by atoms with Gasteiger partial charge in [-0.05, 0) is 67.0 Å². The molecule has 0 amide bonds. The molecule has 3 nitrogen and oxygen atoms in total. The zero-order valence-electron chi connectivity index (χ0n) is 22.2. The predicted octanol–water partition coefficient (Wildman–Crippen LogP) is 9.37. The zero-order chi connectivity index (χ0) is 25.5. The lowest BCUT2D eigenvalue weighted by atomic mass is 10.00. The molecule has 0 radical (unpaired) electrons. The Bertz CT molecular complexity index is 897. The number of thiol groups is 1. The summed E-state index contributed by atoms with van der Waals surface area (Å²) in [5, 5.41) is 0.477. The number of benzene rings is 2. The molecule has 35 heavy (non-hydrogen) atoms. The molecule has 2 atom stereocenters. The molecule has 0 aliphatic heterocycles. The smallest absolute Gasteiger partial charge is 0.408 e. The first-order chi connectivity index (χ1) is 16.9. The van der Waals surface area contributed by atoms with Crippen molar-refractivity contribution in [3.8, 4) is 5.75 Å². The summed E-state index contributed by atoms with van der Waals surface area (Å²) >= 11 is 4.72. The number of aryl methyl sites for hydroxylation is 2. The van der Waals surface area contributed by atoms with Crippen LogP contribution in [0.1, 0.15) is 120 Å². The third kappa shape index (κ3) is 10.7. The van der Waals surface area contributed by atoms with Crippen molar-refractivity contribution in [2.24, 2.45) is 0 Å². The minimum Gasteiger partial charge on any atom is -0.421 e. The topological polar surface area (TPSA) is 46.5 Å². The molecule has 0 bridgehead atoms. The van der Waals surface area contributed by atoms with Gasteiger partial charge in [0.1, 0.15) is 5.75 Å². The Morgan fingerprint density at radius 3 is 2.03 bits per heavy atom. The molecular weight excluding hydrogens is 471 g/mol. The summed E-state index contributed by atoms with van der Waals surface area (Å²) < 4.78 is 19.1. The summed E-state index contributed by atoms with van der Waals surface area (Å²) in [5.74, 6) is 0.542. The van der Waals surface area contributed by atoms with Crippen LogP contribution in [0.15, 0.2) is 42.5 Å². The van der Waals surface area contributed by atoms with Crippen LogP contribution in [-0.4, -0.2) is 4.89 Å². The van der Waals surface area contributed by atoms with Gasteiger partial charge in [0, 0.05) is 5.25 Å². The lowest BCUT2D eigenvalue weighted by molar-refractivity contribution is 0.391. The van der Waals surface area contributed by atoms with Crippen molar-refractivity contribution in [1.82, 2.24) is 0 Å². The molecule has 0 saturated heterocycles. The van der Waals surface area contributed by atoms with Crippen LogP contribution in [0, 0.1) is 0 Å². The van der Waals surface area contributed by atoms with Gasteiger partial charge in [-0.1, -0.05) is 103 Å². The van der Waals surface area contributed by atoms with Gasteiger partial charge in [-0.2, -0.15) is 12.6 Å². The number of unbranched alkanes of at least 4 members (excludes halogenated alkanes) is 8. The van der Waals surface area contributed by atoms with Gasteiger partial charge in [0.15, 0.2) is 0 Å². The van der Waals surface area contributed by atoms with E-state index in [1.165, 1.54) is 56.9 Å². The Balaban J connectivity index is 2.13. The van der Waals surface area contributed by atoms with Crippen LogP contribution in [0.3, 0.4) is 0 Å². The SMILES string of the molecule is CCCCCCc1ccc(OP(=O)(O)c2ccc(C(S)CCCCC)cc2)c(CCCCCC)c1. The van der Waals surface area contributed by atoms with Crippen LogP contribution in [0.5, 0.6) is 5.75 Å². The monoisotopic (exact) mass is 518 g/mol. The van der Waals surface area contributed by atoms with E-state index in [4.69, 9.17) is 17.2 Å². The van der Waals surface area contributed by atoms with Gasteiger partial charge in [-0.25, -0.2) is 4.57 Å². The summed E-state index contributed by atoms with van der Waals surface area (Å²) in [6.07, 6.45) is 16.0. The van der Waals surface area contributed by atoms with E-state index in [2.05, 4.69) is 32.9 Å². The van der Waals surface area contributed by atoms with Gasteiger partial charge >= 0.3 is 7.60 Å². The van der Waals surface area contributed by atoms with E-state index in [-0.39, 0.29) is 5.25 Å². The standard InChI is InChI=1S/C30H47O3PS/c1-4-7-10-13-15-25-18-23-29(27(24-25)16-14-11-8-5-2)33-34(31,32)28-21-19-26(20-22-28)30(35)17-12-9-6-3/h18-24,30,35H,4-17H2,1-3H3,(H,31,32). The van der Waals surface area contributed by atoms with Gasteiger partial charge in [0.25, 0.3) is 0 Å². The lowest BCUT2D eigenvalue weighted by Gasteiger charge is -2.18. The Morgan fingerprint density at radius 1 is 0.800 bits per heavy atom. The molecule has 2 aromatic carbocycles. The lowest BCUT2D eigenvalue weighted by Crippen LogP contribution is -2.10. The van der Waals surface area contributed by atoms with E-state index in [1.807, 2.05) is 18.2 Å². The van der Waals surface area contributed by atoms with Crippen molar-refractivity contribution < 1.29 is 14.0 Å². The van der Waals surface area contributed by atoms with Crippen LogP contribution >= 0.6 is 20.2 Å². The molecular formula is C30H47O3PS. The van der Waals surface area contributed by atoms with Crippen LogP contribution in [-0.2, 0) is 17.4 Å². The van der Waals surface area contributed by atoms with Crippen molar-refractivity contribution in [2.75, 3.05) is 0 Å². The fraction of sp³-hybridized carbons (Fsp3) is 0.600. The van der Waals surface area contributed by atoms with Gasteiger partial charge in [0.05, 0.1) is 5.30 Å². The maximum Gasteiger partial charge on any atom is 0.408 e. The zero-order valence-corrected chi connectivity index (χ0v) is 24.0. The highest BCUT2D eigenvalue weighted by Crippen LogP contribution is 2.43. The first kappa shape index (κ1) is 30.0. The second-order valence-electron chi connectivity index (χ2n) is 9.78. The Kier molecular flexibility index (Phi) is 14.2. The highest BCUT2D eigenvalue weighted by molar-refractivity contribution is 7.80. The van der Waals surface area contributed by atoms with Crippen molar-refractivity contribution in [3.63, 3.8) is 0 Å². The van der Waals surface area contributed by atoms with E-state index >= 15 is 0 Å². The summed E-state index contributed by atoms with van der Waals surface area (Å²) in [6.45, 7) is 6.63. The molecule has 0 aromatic heterocycles. The largest absolute Gasteiger partial charge is 0.421 e. The fourth-order valence-electron chi connectivity index (χ4n) is 4.40. The average molecular weight is 519 g/mol. The fourth-order valence-corrected chi connectivity index (χ4v) is 5.83. The second kappa shape index (κ2) is 16.5. The van der Waals surface area contributed by atoms with Crippen LogP contribution in [0.25, 0.3) is 0 Å². The number of rotatable bonds is 18. The molecule has 2 aromatic rings. The maximum atomic E-state index is 13.2. The highest BCUT2D eigenvalue weighted by atomic mass is 32.1. The molecule has 2 unspecified atom stereocenters. The Morgan fingerprint density at radius 2 is 1.40 bits per heavy atom. The quantitative estimate of drug-likeness (QED) is 0.117. The molecule has 196 valence electrons. The third-order valence-corrected chi connectivity index (χ3v) is 8.60. The minimum atomic E-state index is -3.98. The van der Waals surface area contributed by atoms with Crippen LogP contribution in [0.2, 0.25) is 0 Å². The molecule has 2 rings (SSSR count). The van der Waals surface area contributed by atoms with Gasteiger partial charge in [-0.15, -0.1) is 0 Å². The van der Waals surface area contributed by atoms with Crippen molar-refractivity contribution >= 4 is 25.5 Å². The Hall–Kier alpha value is -1.22. The van der Waals surface area contributed by atoms with E-state index < -0.39 is 7.60 Å². The molecule has 0 saturated carbocycles. The molecule has 0 fully saturated rings. The van der Waals surface area contributed by atoms with E-state index in [0.29, 0.717) is 11.1 Å². The number of hydrogen-bond donors (Lipinski definition) is 2. The first-order valence-electron chi connectivity index (χ1n) is 13.8. The molecule has 1 N–H and O–H groups in total. The Labute approximate surface area is 220 Å². The van der Waals surface area contributed by atoms with E-state index in [1.54, 1.807) is 12.1 Å². The predicted molar refractivity (Wildman–Crippen MR) is 155 cm³/mol. The van der Waals surface area contributed by atoms with Crippen molar-refractivity contribution in [3.05, 3.63) is 59.2 Å². The molecule has 0 aliphatic carbocycles. The second-order valence-corrected chi connectivity index (χ2v) is 12.1. The normalized spacial score (nSPS) is 14.0. The molecule has 0 spiro atoms. The van der Waals surface area contributed by atoms with Crippen LogP contribution < -0.4 is 9.83 Å². The first-order valence-corrected chi connectivity index (χ1v) is 15.9. The third-order valence-electron chi connectivity index (χ3n) is 6.65. The molecule has 0 aliphatic rings. The molecule has 0 heterocycles. The number of hydrogen-bond acceptors (Lipinski definition) is 3. The summed E-state index contributed by atoms with van der Waals surface area (Å²) in [5.41, 5.74) is 3.42. The average Bonchev–Trinajstić information content (AvgIpc) is 2.86. The van der Waals surface area contributed by atoms with Crippen molar-refractivity contribution in [1.29, 1.82) is 0 Å². The van der Waals surface area contributed by atoms with Gasteiger partial charge in [0.2, 0.25) is 0 Å². The van der Waals surface area contributed by atoms with Gasteiger partial charge in [-0.3, -0.25) is 0 Å². The van der Waals surface area contributed by atoms with E-state index in [9.17, 15) is 9.46 Å². The van der Waals surface area contributed by atoms with Crippen molar-refractivity contribution in [2.45, 2.75) is 116 Å². The van der Waals surface area contributed by atoms with E-state index in [0.717, 1.165) is 49.7 Å².